The average molecular weight is 223 g/mol. The van der Waals surface area contributed by atoms with Crippen molar-refractivity contribution in [1.29, 1.82) is 0 Å². The standard InChI is InChI=1S/C11H17N3O2/c1-6(10(15)16)5-9-7(2)13-11(12-4)14-8(9)3/h6H,5H2,1-4H3,(H,15,16)(H,12,13,14). The highest BCUT2D eigenvalue weighted by Gasteiger charge is 2.16. The lowest BCUT2D eigenvalue weighted by Gasteiger charge is -2.12. The van der Waals surface area contributed by atoms with Crippen LogP contribution in [0.4, 0.5) is 5.95 Å². The van der Waals surface area contributed by atoms with Crippen LogP contribution in [-0.4, -0.2) is 28.1 Å². The molecular formula is C11H17N3O2. The number of carboxylic acid groups (broad SMARTS) is 1. The molecule has 1 heterocycles. The maximum absolute atomic E-state index is 10.8. The molecule has 0 aromatic carbocycles. The van der Waals surface area contributed by atoms with Crippen LogP contribution in [0.25, 0.3) is 0 Å². The number of rotatable bonds is 4. The zero-order valence-electron chi connectivity index (χ0n) is 10.0. The van der Waals surface area contributed by atoms with E-state index in [2.05, 4.69) is 15.3 Å². The number of hydrogen-bond acceptors (Lipinski definition) is 4. The van der Waals surface area contributed by atoms with Gasteiger partial charge in [0.05, 0.1) is 5.92 Å². The molecule has 0 bridgehead atoms. The molecule has 0 aliphatic carbocycles. The summed E-state index contributed by atoms with van der Waals surface area (Å²) in [7, 11) is 1.76. The Labute approximate surface area is 94.9 Å². The van der Waals surface area contributed by atoms with Crippen LogP contribution in [0, 0.1) is 19.8 Å². The van der Waals surface area contributed by atoms with Crippen molar-refractivity contribution in [3.63, 3.8) is 0 Å². The van der Waals surface area contributed by atoms with Crippen LogP contribution in [-0.2, 0) is 11.2 Å². The van der Waals surface area contributed by atoms with Crippen molar-refractivity contribution < 1.29 is 9.90 Å². The van der Waals surface area contributed by atoms with Gasteiger partial charge in [-0.1, -0.05) is 6.92 Å². The quantitative estimate of drug-likeness (QED) is 0.807. The molecule has 0 radical (unpaired) electrons. The molecule has 2 N–H and O–H groups in total. The predicted molar refractivity (Wildman–Crippen MR) is 61.6 cm³/mol. The minimum Gasteiger partial charge on any atom is -0.481 e. The van der Waals surface area contributed by atoms with Crippen molar-refractivity contribution in [3.05, 3.63) is 17.0 Å². The van der Waals surface area contributed by atoms with E-state index in [-0.39, 0.29) is 0 Å². The normalized spacial score (nSPS) is 12.2. The van der Waals surface area contributed by atoms with E-state index in [0.29, 0.717) is 12.4 Å². The monoisotopic (exact) mass is 223 g/mol. The summed E-state index contributed by atoms with van der Waals surface area (Å²) < 4.78 is 0. The molecule has 1 aromatic rings. The summed E-state index contributed by atoms with van der Waals surface area (Å²) in [5, 5.41) is 11.7. The van der Waals surface area contributed by atoms with Crippen molar-refractivity contribution in [3.8, 4) is 0 Å². The number of nitrogens with one attached hydrogen (secondary N) is 1. The Hall–Kier alpha value is -1.65. The van der Waals surface area contributed by atoms with Gasteiger partial charge in [0.15, 0.2) is 0 Å². The van der Waals surface area contributed by atoms with Gasteiger partial charge in [-0.15, -0.1) is 0 Å². The van der Waals surface area contributed by atoms with Crippen molar-refractivity contribution in [1.82, 2.24) is 9.97 Å². The molecule has 0 amide bonds. The molecule has 0 fully saturated rings. The number of hydrogen-bond donors (Lipinski definition) is 2. The van der Waals surface area contributed by atoms with Gasteiger partial charge in [-0.3, -0.25) is 4.79 Å². The van der Waals surface area contributed by atoms with Crippen molar-refractivity contribution in [2.75, 3.05) is 12.4 Å². The molecule has 5 nitrogen and oxygen atoms in total. The lowest BCUT2D eigenvalue weighted by molar-refractivity contribution is -0.141. The van der Waals surface area contributed by atoms with Crippen LogP contribution in [0.3, 0.4) is 0 Å². The summed E-state index contributed by atoms with van der Waals surface area (Å²) >= 11 is 0. The van der Waals surface area contributed by atoms with Crippen molar-refractivity contribution in [2.24, 2.45) is 5.92 Å². The zero-order chi connectivity index (χ0) is 12.3. The van der Waals surface area contributed by atoms with E-state index in [1.807, 2.05) is 13.8 Å². The van der Waals surface area contributed by atoms with Crippen LogP contribution >= 0.6 is 0 Å². The molecule has 0 aliphatic heterocycles. The summed E-state index contributed by atoms with van der Waals surface area (Å²) in [5.41, 5.74) is 2.60. The molecule has 0 spiro atoms. The fourth-order valence-electron chi connectivity index (χ4n) is 1.54. The first-order valence-corrected chi connectivity index (χ1v) is 5.20. The Bertz CT molecular complexity index is 381. The van der Waals surface area contributed by atoms with Gasteiger partial charge >= 0.3 is 5.97 Å². The van der Waals surface area contributed by atoms with E-state index in [1.54, 1.807) is 14.0 Å². The van der Waals surface area contributed by atoms with Gasteiger partial charge in [0.2, 0.25) is 5.95 Å². The summed E-state index contributed by atoms with van der Waals surface area (Å²) in [6.45, 7) is 5.44. The van der Waals surface area contributed by atoms with Crippen LogP contribution in [0.1, 0.15) is 23.9 Å². The Balaban J connectivity index is 3.01. The fourth-order valence-corrected chi connectivity index (χ4v) is 1.54. The third-order valence-electron chi connectivity index (χ3n) is 2.58. The van der Waals surface area contributed by atoms with Gasteiger partial charge in [-0.05, 0) is 25.8 Å². The molecular weight excluding hydrogens is 206 g/mol. The van der Waals surface area contributed by atoms with E-state index in [9.17, 15) is 4.79 Å². The topological polar surface area (TPSA) is 75.1 Å². The smallest absolute Gasteiger partial charge is 0.306 e. The lowest BCUT2D eigenvalue weighted by atomic mass is 9.99. The minimum absolute atomic E-state index is 0.415. The number of aryl methyl sites for hydroxylation is 2. The number of aliphatic carboxylic acids is 1. The van der Waals surface area contributed by atoms with Crippen molar-refractivity contribution >= 4 is 11.9 Å². The SMILES string of the molecule is CNc1nc(C)c(CC(C)C(=O)O)c(C)n1. The number of carboxylic acids is 1. The predicted octanol–water partition coefficient (Wildman–Crippen LogP) is 1.40. The van der Waals surface area contributed by atoms with E-state index in [4.69, 9.17) is 5.11 Å². The minimum atomic E-state index is -0.795. The first-order valence-electron chi connectivity index (χ1n) is 5.20. The highest BCUT2D eigenvalue weighted by Crippen LogP contribution is 2.16. The van der Waals surface area contributed by atoms with Gasteiger partial charge in [0, 0.05) is 18.4 Å². The lowest BCUT2D eigenvalue weighted by Crippen LogP contribution is -2.15. The molecule has 1 unspecified atom stereocenters. The number of aromatic nitrogens is 2. The maximum Gasteiger partial charge on any atom is 0.306 e. The average Bonchev–Trinajstić information content (AvgIpc) is 2.22. The largest absolute Gasteiger partial charge is 0.481 e. The molecule has 1 atom stereocenters. The molecule has 1 aromatic heterocycles. The van der Waals surface area contributed by atoms with Crippen LogP contribution in [0.5, 0.6) is 0 Å². The Morgan fingerprint density at radius 2 is 1.88 bits per heavy atom. The first kappa shape index (κ1) is 12.4. The highest BCUT2D eigenvalue weighted by molar-refractivity contribution is 5.70. The second-order valence-electron chi connectivity index (χ2n) is 3.89. The second kappa shape index (κ2) is 4.92. The fraction of sp³-hybridized carbons (Fsp3) is 0.545. The summed E-state index contributed by atoms with van der Waals surface area (Å²) in [4.78, 5) is 19.3. The van der Waals surface area contributed by atoms with E-state index < -0.39 is 11.9 Å². The first-order chi connectivity index (χ1) is 7.45. The molecule has 5 heteroatoms. The van der Waals surface area contributed by atoms with Gasteiger partial charge in [0.1, 0.15) is 0 Å². The van der Waals surface area contributed by atoms with Gasteiger partial charge < -0.3 is 10.4 Å². The van der Waals surface area contributed by atoms with Crippen molar-refractivity contribution in [2.45, 2.75) is 27.2 Å². The van der Waals surface area contributed by atoms with Gasteiger partial charge in [-0.2, -0.15) is 0 Å². The van der Waals surface area contributed by atoms with E-state index in [0.717, 1.165) is 17.0 Å². The zero-order valence-corrected chi connectivity index (χ0v) is 10.0. The van der Waals surface area contributed by atoms with Gasteiger partial charge in [0.25, 0.3) is 0 Å². The summed E-state index contributed by atoms with van der Waals surface area (Å²) in [6, 6.07) is 0. The summed E-state index contributed by atoms with van der Waals surface area (Å²) in [5.74, 6) is -0.639. The number of carbonyl (C=O) groups is 1. The Morgan fingerprint density at radius 3 is 2.25 bits per heavy atom. The van der Waals surface area contributed by atoms with Crippen LogP contribution in [0.15, 0.2) is 0 Å². The number of nitrogens with zero attached hydrogens (tertiary/aromatic N) is 2. The molecule has 88 valence electrons. The van der Waals surface area contributed by atoms with Crippen LogP contribution < -0.4 is 5.32 Å². The third kappa shape index (κ3) is 2.68. The molecule has 0 aliphatic rings. The maximum atomic E-state index is 10.8. The van der Waals surface area contributed by atoms with Crippen LogP contribution in [0.2, 0.25) is 0 Å². The van der Waals surface area contributed by atoms with E-state index in [1.165, 1.54) is 0 Å². The molecule has 1 rings (SSSR count). The Kier molecular flexibility index (Phi) is 3.82. The summed E-state index contributed by atoms with van der Waals surface area (Å²) in [6.07, 6.45) is 0.469. The van der Waals surface area contributed by atoms with E-state index >= 15 is 0 Å². The molecule has 0 saturated heterocycles. The second-order valence-corrected chi connectivity index (χ2v) is 3.89. The Morgan fingerprint density at radius 1 is 1.38 bits per heavy atom. The van der Waals surface area contributed by atoms with Gasteiger partial charge in [-0.25, -0.2) is 9.97 Å². The molecule has 16 heavy (non-hydrogen) atoms. The third-order valence-corrected chi connectivity index (χ3v) is 2.58. The number of anilines is 1. The molecule has 0 saturated carbocycles. The highest BCUT2D eigenvalue weighted by atomic mass is 16.4.